The Balaban J connectivity index is 1.87. The maximum absolute atomic E-state index is 11.9. The van der Waals surface area contributed by atoms with Crippen LogP contribution in [0, 0.1) is 0 Å². The molecule has 8 heteroatoms. The number of halogens is 1. The zero-order valence-corrected chi connectivity index (χ0v) is 14.4. The van der Waals surface area contributed by atoms with E-state index in [1.165, 1.54) is 11.3 Å². The molecule has 0 atom stereocenters. The smallest absolute Gasteiger partial charge is 0.388 e. The van der Waals surface area contributed by atoms with Gasteiger partial charge in [0.2, 0.25) is 0 Å². The molecular formula is C14H16BrN3O3S. The number of carbonyl (C=O) groups is 1. The lowest BCUT2D eigenvalue weighted by molar-refractivity contribution is 0.197. The van der Waals surface area contributed by atoms with Gasteiger partial charge >= 0.3 is 6.09 Å². The molecule has 0 fully saturated rings. The van der Waals surface area contributed by atoms with E-state index in [1.807, 2.05) is 12.1 Å². The Morgan fingerprint density at radius 2 is 2.32 bits per heavy atom. The molecule has 1 amide bonds. The van der Waals surface area contributed by atoms with Crippen LogP contribution >= 0.6 is 27.3 Å². The highest BCUT2D eigenvalue weighted by molar-refractivity contribution is 9.10. The van der Waals surface area contributed by atoms with Crippen LogP contribution in [-0.4, -0.2) is 31.3 Å². The lowest BCUT2D eigenvalue weighted by Gasteiger charge is -2.08. The summed E-state index contributed by atoms with van der Waals surface area (Å²) in [5.74, 6) is 0.273. The number of aromatic nitrogens is 1. The Kier molecular flexibility index (Phi) is 6.63. The third-order valence-corrected chi connectivity index (χ3v) is 3.86. The summed E-state index contributed by atoms with van der Waals surface area (Å²) in [4.78, 5) is 15.9. The van der Waals surface area contributed by atoms with Crippen molar-refractivity contribution in [1.29, 1.82) is 0 Å². The van der Waals surface area contributed by atoms with Gasteiger partial charge in [0.15, 0.2) is 5.00 Å². The number of benzene rings is 1. The number of nitrogens with one attached hydrogen (secondary N) is 2. The highest BCUT2D eigenvalue weighted by Crippen LogP contribution is 2.28. The average Bonchev–Trinajstić information content (AvgIpc) is 2.91. The van der Waals surface area contributed by atoms with Crippen molar-refractivity contribution in [3.63, 3.8) is 0 Å². The maximum atomic E-state index is 11.9. The summed E-state index contributed by atoms with van der Waals surface area (Å²) < 4.78 is 11.1. The van der Waals surface area contributed by atoms with E-state index >= 15 is 0 Å². The minimum Gasteiger partial charge on any atom is -0.388 e. The first-order valence-corrected chi connectivity index (χ1v) is 8.27. The SMILES string of the molecule is COCCCNc1scnc1OC(=O)Nc1cccc(Br)c1. The molecule has 0 aliphatic carbocycles. The molecule has 2 rings (SSSR count). The normalized spacial score (nSPS) is 10.3. The molecule has 0 saturated carbocycles. The molecular weight excluding hydrogens is 370 g/mol. The highest BCUT2D eigenvalue weighted by Gasteiger charge is 2.12. The van der Waals surface area contributed by atoms with Gasteiger partial charge in [0.25, 0.3) is 5.88 Å². The van der Waals surface area contributed by atoms with E-state index in [2.05, 4.69) is 31.5 Å². The topological polar surface area (TPSA) is 72.5 Å². The lowest BCUT2D eigenvalue weighted by atomic mass is 10.3. The van der Waals surface area contributed by atoms with Gasteiger partial charge in [-0.2, -0.15) is 0 Å². The van der Waals surface area contributed by atoms with Crippen LogP contribution < -0.4 is 15.4 Å². The highest BCUT2D eigenvalue weighted by atomic mass is 79.9. The molecule has 2 aromatic rings. The molecule has 1 aromatic heterocycles. The van der Waals surface area contributed by atoms with E-state index in [4.69, 9.17) is 9.47 Å². The number of ether oxygens (including phenoxy) is 2. The van der Waals surface area contributed by atoms with E-state index < -0.39 is 6.09 Å². The number of carbonyl (C=O) groups excluding carboxylic acids is 1. The first kappa shape index (κ1) is 16.7. The Morgan fingerprint density at radius 1 is 1.45 bits per heavy atom. The summed E-state index contributed by atoms with van der Waals surface area (Å²) in [5, 5.41) is 6.54. The number of rotatable bonds is 7. The van der Waals surface area contributed by atoms with Crippen molar-refractivity contribution >= 4 is 44.0 Å². The Labute approximate surface area is 141 Å². The zero-order chi connectivity index (χ0) is 15.8. The molecule has 6 nitrogen and oxygen atoms in total. The quantitative estimate of drug-likeness (QED) is 0.705. The molecule has 22 heavy (non-hydrogen) atoms. The van der Waals surface area contributed by atoms with Crippen LogP contribution in [0.3, 0.4) is 0 Å². The summed E-state index contributed by atoms with van der Waals surface area (Å²) in [6.07, 6.45) is 0.280. The van der Waals surface area contributed by atoms with Crippen molar-refractivity contribution < 1.29 is 14.3 Å². The van der Waals surface area contributed by atoms with Crippen molar-refractivity contribution in [3.8, 4) is 5.88 Å². The van der Waals surface area contributed by atoms with E-state index in [-0.39, 0.29) is 5.88 Å². The fourth-order valence-electron chi connectivity index (χ4n) is 1.64. The van der Waals surface area contributed by atoms with Crippen LogP contribution in [0.15, 0.2) is 34.2 Å². The minimum absolute atomic E-state index is 0.273. The van der Waals surface area contributed by atoms with Crippen LogP contribution in [0.1, 0.15) is 6.42 Å². The number of nitrogens with zero attached hydrogens (tertiary/aromatic N) is 1. The van der Waals surface area contributed by atoms with Gasteiger partial charge in [-0.1, -0.05) is 22.0 Å². The van der Waals surface area contributed by atoms with E-state index in [9.17, 15) is 4.79 Å². The number of thiazole rings is 1. The molecule has 1 aromatic carbocycles. The van der Waals surface area contributed by atoms with Crippen molar-refractivity contribution in [1.82, 2.24) is 4.98 Å². The van der Waals surface area contributed by atoms with E-state index in [0.29, 0.717) is 12.3 Å². The summed E-state index contributed by atoms with van der Waals surface area (Å²) in [6, 6.07) is 7.26. The monoisotopic (exact) mass is 385 g/mol. The maximum Gasteiger partial charge on any atom is 0.418 e. The fourth-order valence-corrected chi connectivity index (χ4v) is 2.68. The van der Waals surface area contributed by atoms with Gasteiger partial charge in [-0.3, -0.25) is 5.32 Å². The third kappa shape index (κ3) is 5.28. The molecule has 0 aliphatic rings. The Bertz CT molecular complexity index is 621. The molecule has 0 unspecified atom stereocenters. The summed E-state index contributed by atoms with van der Waals surface area (Å²) in [5.41, 5.74) is 2.27. The van der Waals surface area contributed by atoms with Gasteiger partial charge in [-0.15, -0.1) is 11.3 Å². The van der Waals surface area contributed by atoms with Gasteiger partial charge in [0.1, 0.15) is 0 Å². The van der Waals surface area contributed by atoms with Crippen molar-refractivity contribution in [2.75, 3.05) is 30.9 Å². The second-order valence-electron chi connectivity index (χ2n) is 4.28. The van der Waals surface area contributed by atoms with Gasteiger partial charge in [0, 0.05) is 30.4 Å². The molecule has 0 radical (unpaired) electrons. The number of hydrogen-bond donors (Lipinski definition) is 2. The van der Waals surface area contributed by atoms with Crippen molar-refractivity contribution in [2.24, 2.45) is 0 Å². The predicted octanol–water partition coefficient (Wildman–Crippen LogP) is 3.96. The van der Waals surface area contributed by atoms with Gasteiger partial charge < -0.3 is 14.8 Å². The van der Waals surface area contributed by atoms with Crippen molar-refractivity contribution in [2.45, 2.75) is 6.42 Å². The number of anilines is 2. The molecule has 0 aliphatic heterocycles. The molecule has 0 bridgehead atoms. The summed E-state index contributed by atoms with van der Waals surface area (Å²) >= 11 is 4.73. The Morgan fingerprint density at radius 3 is 3.09 bits per heavy atom. The first-order valence-electron chi connectivity index (χ1n) is 6.59. The summed E-state index contributed by atoms with van der Waals surface area (Å²) in [6.45, 7) is 1.39. The van der Waals surface area contributed by atoms with Gasteiger partial charge in [0.05, 0.1) is 5.51 Å². The van der Waals surface area contributed by atoms with Crippen molar-refractivity contribution in [3.05, 3.63) is 34.2 Å². The van der Waals surface area contributed by atoms with Crippen LogP contribution in [0.25, 0.3) is 0 Å². The molecule has 0 saturated heterocycles. The number of hydrogen-bond acceptors (Lipinski definition) is 6. The van der Waals surface area contributed by atoms with E-state index in [1.54, 1.807) is 24.8 Å². The largest absolute Gasteiger partial charge is 0.418 e. The second kappa shape index (κ2) is 8.72. The standard InChI is InChI=1S/C14H16BrN3O3S/c1-20-7-3-6-16-13-12(17-9-22-13)21-14(19)18-11-5-2-4-10(15)8-11/h2,4-5,8-9,16H,3,6-7H2,1H3,(H,18,19). The lowest BCUT2D eigenvalue weighted by Crippen LogP contribution is -2.17. The zero-order valence-electron chi connectivity index (χ0n) is 12.0. The van der Waals surface area contributed by atoms with Crippen LogP contribution in [0.4, 0.5) is 15.5 Å². The van der Waals surface area contributed by atoms with E-state index in [0.717, 1.165) is 22.4 Å². The van der Waals surface area contributed by atoms with Crippen LogP contribution in [0.5, 0.6) is 5.88 Å². The average molecular weight is 386 g/mol. The van der Waals surface area contributed by atoms with Gasteiger partial charge in [-0.25, -0.2) is 9.78 Å². The van der Waals surface area contributed by atoms with Crippen LogP contribution in [0.2, 0.25) is 0 Å². The summed E-state index contributed by atoms with van der Waals surface area (Å²) in [7, 11) is 1.66. The fraction of sp³-hybridized carbons (Fsp3) is 0.286. The second-order valence-corrected chi connectivity index (χ2v) is 6.06. The first-order chi connectivity index (χ1) is 10.7. The molecule has 0 spiro atoms. The molecule has 1 heterocycles. The predicted molar refractivity (Wildman–Crippen MR) is 90.9 cm³/mol. The number of methoxy groups -OCH3 is 1. The van der Waals surface area contributed by atoms with Gasteiger partial charge in [-0.05, 0) is 24.6 Å². The molecule has 118 valence electrons. The minimum atomic E-state index is -0.580. The third-order valence-electron chi connectivity index (χ3n) is 2.61. The number of amides is 1. The Hall–Kier alpha value is -1.64. The molecule has 2 N–H and O–H groups in total. The van der Waals surface area contributed by atoms with Crippen LogP contribution in [-0.2, 0) is 4.74 Å².